The van der Waals surface area contributed by atoms with Crippen LogP contribution in [0, 0.1) is 6.92 Å². The quantitative estimate of drug-likeness (QED) is 0.800. The minimum Gasteiger partial charge on any atom is -0.450 e. The Kier molecular flexibility index (Phi) is 5.96. The van der Waals surface area contributed by atoms with E-state index in [1.54, 1.807) is 6.92 Å². The molecule has 6 heteroatoms. The lowest BCUT2D eigenvalue weighted by atomic mass is 9.92. The third-order valence-corrected chi connectivity index (χ3v) is 3.80. The van der Waals surface area contributed by atoms with E-state index in [4.69, 9.17) is 9.26 Å². The number of carbonyl (C=O) groups excluding carboxylic acids is 2. The van der Waals surface area contributed by atoms with Crippen LogP contribution in [0.2, 0.25) is 0 Å². The van der Waals surface area contributed by atoms with Gasteiger partial charge in [-0.1, -0.05) is 51.1 Å². The van der Waals surface area contributed by atoms with Gasteiger partial charge in [0.25, 0.3) is 5.91 Å². The third kappa shape index (κ3) is 4.68. The number of carbonyl (C=O) groups is 2. The van der Waals surface area contributed by atoms with Gasteiger partial charge < -0.3 is 14.6 Å². The SMILES string of the molecule is Cc1cc(C(=O)OCC(=O)Nc2c(C(C)C)cccc2C(C)C)on1. The second-order valence-electron chi connectivity index (χ2n) is 6.58. The molecule has 0 aliphatic carbocycles. The van der Waals surface area contributed by atoms with Crippen LogP contribution in [-0.2, 0) is 9.53 Å². The molecule has 0 spiro atoms. The molecule has 0 bridgehead atoms. The number of para-hydroxylation sites is 1. The first-order valence-electron chi connectivity index (χ1n) is 8.32. The summed E-state index contributed by atoms with van der Waals surface area (Å²) in [5.74, 6) is -0.602. The molecule has 2 rings (SSSR count). The minimum absolute atomic E-state index is 0.0178. The molecule has 2 aromatic rings. The molecule has 0 atom stereocenters. The average molecular weight is 344 g/mol. The fourth-order valence-electron chi connectivity index (χ4n) is 2.53. The van der Waals surface area contributed by atoms with Gasteiger partial charge in [0.15, 0.2) is 6.61 Å². The fourth-order valence-corrected chi connectivity index (χ4v) is 2.53. The number of rotatable bonds is 6. The molecular weight excluding hydrogens is 320 g/mol. The van der Waals surface area contributed by atoms with E-state index >= 15 is 0 Å². The highest BCUT2D eigenvalue weighted by molar-refractivity contribution is 5.95. The van der Waals surface area contributed by atoms with Crippen LogP contribution in [0.15, 0.2) is 28.8 Å². The first kappa shape index (κ1) is 18.7. The van der Waals surface area contributed by atoms with Crippen molar-refractivity contribution < 1.29 is 18.8 Å². The lowest BCUT2D eigenvalue weighted by Crippen LogP contribution is -2.22. The Morgan fingerprint density at radius 2 is 1.76 bits per heavy atom. The Balaban J connectivity index is 2.08. The third-order valence-electron chi connectivity index (χ3n) is 3.80. The van der Waals surface area contributed by atoms with Gasteiger partial charge in [0, 0.05) is 11.8 Å². The van der Waals surface area contributed by atoms with Gasteiger partial charge >= 0.3 is 5.97 Å². The smallest absolute Gasteiger partial charge is 0.377 e. The van der Waals surface area contributed by atoms with Crippen LogP contribution in [0.4, 0.5) is 5.69 Å². The molecule has 0 fully saturated rings. The number of benzene rings is 1. The van der Waals surface area contributed by atoms with Gasteiger partial charge in [-0.2, -0.15) is 0 Å². The van der Waals surface area contributed by atoms with Crippen molar-refractivity contribution >= 4 is 17.6 Å². The molecule has 25 heavy (non-hydrogen) atoms. The fraction of sp³-hybridized carbons (Fsp3) is 0.421. The Labute approximate surface area is 147 Å². The van der Waals surface area contributed by atoms with E-state index in [-0.39, 0.29) is 30.1 Å². The van der Waals surface area contributed by atoms with Crippen molar-refractivity contribution in [2.45, 2.75) is 46.5 Å². The topological polar surface area (TPSA) is 81.4 Å². The van der Waals surface area contributed by atoms with Gasteiger partial charge in [-0.05, 0) is 29.9 Å². The normalized spacial score (nSPS) is 11.0. The van der Waals surface area contributed by atoms with Crippen LogP contribution in [-0.4, -0.2) is 23.6 Å². The van der Waals surface area contributed by atoms with Crippen LogP contribution in [0.3, 0.4) is 0 Å². The largest absolute Gasteiger partial charge is 0.450 e. The number of nitrogens with zero attached hydrogens (tertiary/aromatic N) is 1. The summed E-state index contributed by atoms with van der Waals surface area (Å²) in [5.41, 5.74) is 3.47. The molecule has 0 aliphatic heterocycles. The number of anilines is 1. The molecule has 0 unspecified atom stereocenters. The van der Waals surface area contributed by atoms with Gasteiger partial charge in [0.2, 0.25) is 5.76 Å². The van der Waals surface area contributed by atoms with E-state index in [0.29, 0.717) is 5.69 Å². The molecule has 0 aliphatic rings. The Hall–Kier alpha value is -2.63. The molecule has 0 radical (unpaired) electrons. The summed E-state index contributed by atoms with van der Waals surface area (Å²) in [4.78, 5) is 24.1. The second kappa shape index (κ2) is 7.96. The van der Waals surface area contributed by atoms with E-state index in [2.05, 4.69) is 38.2 Å². The number of hydrogen-bond donors (Lipinski definition) is 1. The molecule has 6 nitrogen and oxygen atoms in total. The first-order chi connectivity index (χ1) is 11.8. The van der Waals surface area contributed by atoms with Gasteiger partial charge in [-0.3, -0.25) is 4.79 Å². The van der Waals surface area contributed by atoms with Gasteiger partial charge in [-0.25, -0.2) is 4.79 Å². The summed E-state index contributed by atoms with van der Waals surface area (Å²) < 4.78 is 9.81. The molecule has 0 saturated heterocycles. The second-order valence-corrected chi connectivity index (χ2v) is 6.58. The summed E-state index contributed by atoms with van der Waals surface area (Å²) in [7, 11) is 0. The molecule has 1 amide bonds. The predicted molar refractivity (Wildman–Crippen MR) is 94.8 cm³/mol. The number of nitrogens with one attached hydrogen (secondary N) is 1. The maximum atomic E-state index is 12.3. The molecule has 1 aromatic heterocycles. The van der Waals surface area contributed by atoms with E-state index in [1.807, 2.05) is 18.2 Å². The summed E-state index contributed by atoms with van der Waals surface area (Å²) >= 11 is 0. The zero-order valence-corrected chi connectivity index (χ0v) is 15.3. The van der Waals surface area contributed by atoms with Crippen LogP contribution in [0.1, 0.15) is 66.9 Å². The predicted octanol–water partition coefficient (Wildman–Crippen LogP) is 4.03. The first-order valence-corrected chi connectivity index (χ1v) is 8.32. The summed E-state index contributed by atoms with van der Waals surface area (Å²) in [5, 5.41) is 6.51. The van der Waals surface area contributed by atoms with Crippen molar-refractivity contribution in [1.29, 1.82) is 0 Å². The number of aryl methyl sites for hydroxylation is 1. The Morgan fingerprint density at radius 1 is 1.16 bits per heavy atom. The number of aromatic nitrogens is 1. The van der Waals surface area contributed by atoms with Crippen molar-refractivity contribution in [3.05, 3.63) is 46.8 Å². The summed E-state index contributed by atoms with van der Waals surface area (Å²) in [6, 6.07) is 7.45. The molecule has 1 heterocycles. The van der Waals surface area contributed by atoms with E-state index < -0.39 is 5.97 Å². The van der Waals surface area contributed by atoms with Crippen molar-refractivity contribution in [1.82, 2.24) is 5.16 Å². The zero-order valence-electron chi connectivity index (χ0n) is 15.3. The van der Waals surface area contributed by atoms with Crippen molar-refractivity contribution in [3.8, 4) is 0 Å². The van der Waals surface area contributed by atoms with E-state index in [9.17, 15) is 9.59 Å². The average Bonchev–Trinajstić information content (AvgIpc) is 2.99. The lowest BCUT2D eigenvalue weighted by molar-refractivity contribution is -0.119. The van der Waals surface area contributed by atoms with Gasteiger partial charge in [0.05, 0.1) is 5.69 Å². The van der Waals surface area contributed by atoms with Crippen LogP contribution in [0.5, 0.6) is 0 Å². The molecule has 1 N–H and O–H groups in total. The van der Waals surface area contributed by atoms with E-state index in [0.717, 1.165) is 16.8 Å². The Bertz CT molecular complexity index is 736. The summed E-state index contributed by atoms with van der Waals surface area (Å²) in [6.45, 7) is 9.59. The standard InChI is InChI=1S/C19H24N2O4/c1-11(2)14-7-6-8-15(12(3)4)18(14)20-17(22)10-24-19(23)16-9-13(5)21-25-16/h6-9,11-12H,10H2,1-5H3,(H,20,22). The number of ether oxygens (including phenoxy) is 1. The van der Waals surface area contributed by atoms with Gasteiger partial charge in [-0.15, -0.1) is 0 Å². The molecular formula is C19H24N2O4. The van der Waals surface area contributed by atoms with Crippen LogP contribution in [0.25, 0.3) is 0 Å². The zero-order chi connectivity index (χ0) is 18.6. The monoisotopic (exact) mass is 344 g/mol. The van der Waals surface area contributed by atoms with Crippen LogP contribution >= 0.6 is 0 Å². The highest BCUT2D eigenvalue weighted by atomic mass is 16.6. The van der Waals surface area contributed by atoms with Crippen LogP contribution < -0.4 is 5.32 Å². The number of hydrogen-bond acceptors (Lipinski definition) is 5. The van der Waals surface area contributed by atoms with Gasteiger partial charge in [0.1, 0.15) is 0 Å². The minimum atomic E-state index is -0.711. The number of esters is 1. The summed E-state index contributed by atoms with van der Waals surface area (Å²) in [6.07, 6.45) is 0. The molecule has 1 aromatic carbocycles. The number of amides is 1. The molecule has 134 valence electrons. The maximum absolute atomic E-state index is 12.3. The van der Waals surface area contributed by atoms with E-state index in [1.165, 1.54) is 6.07 Å². The lowest BCUT2D eigenvalue weighted by Gasteiger charge is -2.20. The van der Waals surface area contributed by atoms with Crippen molar-refractivity contribution in [2.24, 2.45) is 0 Å². The Morgan fingerprint density at radius 3 is 2.24 bits per heavy atom. The van der Waals surface area contributed by atoms with Crippen molar-refractivity contribution in [2.75, 3.05) is 11.9 Å². The molecule has 0 saturated carbocycles. The highest BCUT2D eigenvalue weighted by Gasteiger charge is 2.18. The van der Waals surface area contributed by atoms with Crippen molar-refractivity contribution in [3.63, 3.8) is 0 Å². The highest BCUT2D eigenvalue weighted by Crippen LogP contribution is 2.32. The maximum Gasteiger partial charge on any atom is 0.377 e.